The van der Waals surface area contributed by atoms with E-state index in [0.29, 0.717) is 0 Å². The van der Waals surface area contributed by atoms with Crippen LogP contribution in [0.4, 0.5) is 0 Å². The molecule has 0 amide bonds. The van der Waals surface area contributed by atoms with E-state index in [1.165, 1.54) is 51.5 Å². The third-order valence-corrected chi connectivity index (χ3v) is 3.84. The third-order valence-electron chi connectivity index (χ3n) is 3.84. The molecule has 1 N–H and O–H groups in total. The van der Waals surface area contributed by atoms with E-state index in [-0.39, 0.29) is 0 Å². The predicted octanol–water partition coefficient (Wildman–Crippen LogP) is 3.51. The van der Waals surface area contributed by atoms with Crippen LogP contribution in [0, 0.1) is 11.8 Å². The first-order valence-corrected chi connectivity index (χ1v) is 6.78. The molecule has 2 aliphatic rings. The first-order valence-electron chi connectivity index (χ1n) is 6.78. The molecule has 0 aliphatic heterocycles. The van der Waals surface area contributed by atoms with Crippen LogP contribution in [0.25, 0.3) is 0 Å². The Morgan fingerprint density at radius 2 is 2.13 bits per heavy atom. The van der Waals surface area contributed by atoms with Gasteiger partial charge in [0.2, 0.25) is 0 Å². The minimum Gasteiger partial charge on any atom is -0.313 e. The summed E-state index contributed by atoms with van der Waals surface area (Å²) in [5.41, 5.74) is 0. The van der Waals surface area contributed by atoms with Crippen molar-refractivity contribution in [3.63, 3.8) is 0 Å². The van der Waals surface area contributed by atoms with Gasteiger partial charge in [-0.2, -0.15) is 0 Å². The zero-order chi connectivity index (χ0) is 10.5. The van der Waals surface area contributed by atoms with Crippen LogP contribution in [0.3, 0.4) is 0 Å². The lowest BCUT2D eigenvalue weighted by molar-refractivity contribution is 0.366. The fraction of sp³-hybridized carbons (Fsp3) is 0.857. The molecule has 0 saturated heterocycles. The van der Waals surface area contributed by atoms with Gasteiger partial charge in [0.1, 0.15) is 0 Å². The Bertz CT molecular complexity index is 205. The topological polar surface area (TPSA) is 12.0 Å². The van der Waals surface area contributed by atoms with Gasteiger partial charge in [-0.3, -0.25) is 0 Å². The molecule has 1 heteroatoms. The van der Waals surface area contributed by atoms with Gasteiger partial charge in [-0.1, -0.05) is 25.5 Å². The molecular formula is C14H25N. The Kier molecular flexibility index (Phi) is 4.25. The lowest BCUT2D eigenvalue weighted by Crippen LogP contribution is -2.35. The van der Waals surface area contributed by atoms with Crippen molar-refractivity contribution in [1.29, 1.82) is 0 Å². The third kappa shape index (κ3) is 3.64. The molecule has 0 spiro atoms. The number of hydrogen-bond donors (Lipinski definition) is 1. The highest BCUT2D eigenvalue weighted by atomic mass is 14.9. The zero-order valence-corrected chi connectivity index (χ0v) is 10.0. The summed E-state index contributed by atoms with van der Waals surface area (Å²) in [6, 6.07) is 0.834. The molecule has 2 aliphatic carbocycles. The molecule has 86 valence electrons. The number of rotatable bonds is 6. The van der Waals surface area contributed by atoms with E-state index in [0.717, 1.165) is 17.9 Å². The van der Waals surface area contributed by atoms with Crippen molar-refractivity contribution in [3.05, 3.63) is 12.2 Å². The summed E-state index contributed by atoms with van der Waals surface area (Å²) in [4.78, 5) is 0. The lowest BCUT2D eigenvalue weighted by atomic mass is 9.94. The highest BCUT2D eigenvalue weighted by Gasteiger charge is 2.30. The Morgan fingerprint density at radius 1 is 1.27 bits per heavy atom. The molecule has 2 rings (SSSR count). The van der Waals surface area contributed by atoms with Crippen molar-refractivity contribution in [3.8, 4) is 0 Å². The largest absolute Gasteiger partial charge is 0.313 e. The Hall–Kier alpha value is -0.300. The number of hydrogen-bond acceptors (Lipinski definition) is 1. The van der Waals surface area contributed by atoms with Crippen LogP contribution in [-0.2, 0) is 0 Å². The molecule has 0 radical (unpaired) electrons. The Labute approximate surface area is 94.3 Å². The average Bonchev–Trinajstić information content (AvgIpc) is 3.09. The van der Waals surface area contributed by atoms with Gasteiger partial charge >= 0.3 is 0 Å². The van der Waals surface area contributed by atoms with Crippen molar-refractivity contribution < 1.29 is 0 Å². The van der Waals surface area contributed by atoms with Gasteiger partial charge in [0.25, 0.3) is 0 Å². The summed E-state index contributed by atoms with van der Waals surface area (Å²) in [5, 5.41) is 3.82. The molecule has 0 aromatic heterocycles. The van der Waals surface area contributed by atoms with Crippen molar-refractivity contribution in [1.82, 2.24) is 5.32 Å². The van der Waals surface area contributed by atoms with E-state index in [1.807, 2.05) is 0 Å². The Morgan fingerprint density at radius 3 is 2.73 bits per heavy atom. The molecular weight excluding hydrogens is 182 g/mol. The summed E-state index contributed by atoms with van der Waals surface area (Å²) in [7, 11) is 0. The van der Waals surface area contributed by atoms with Crippen molar-refractivity contribution in [2.45, 2.75) is 57.9 Å². The Balaban J connectivity index is 1.67. The van der Waals surface area contributed by atoms with E-state index in [9.17, 15) is 0 Å². The van der Waals surface area contributed by atoms with Crippen LogP contribution in [0.2, 0.25) is 0 Å². The molecule has 0 bridgehead atoms. The molecule has 0 aromatic carbocycles. The van der Waals surface area contributed by atoms with Crippen molar-refractivity contribution >= 4 is 0 Å². The minimum atomic E-state index is 0.834. The highest BCUT2D eigenvalue weighted by molar-refractivity contribution is 4.92. The molecule has 0 heterocycles. The standard InChI is InChI=1S/C14H25N/c1-2-6-14(13-9-10-13)15-11-12-7-4-3-5-8-12/h3-4,12-15H,2,5-11H2,1H3. The predicted molar refractivity (Wildman–Crippen MR) is 65.9 cm³/mol. The maximum absolute atomic E-state index is 3.82. The first-order chi connectivity index (χ1) is 7.40. The van der Waals surface area contributed by atoms with Crippen LogP contribution >= 0.6 is 0 Å². The van der Waals surface area contributed by atoms with Crippen LogP contribution in [-0.4, -0.2) is 12.6 Å². The molecule has 1 nitrogen and oxygen atoms in total. The number of nitrogens with one attached hydrogen (secondary N) is 1. The van der Waals surface area contributed by atoms with Gasteiger partial charge in [0.15, 0.2) is 0 Å². The van der Waals surface area contributed by atoms with Crippen LogP contribution in [0.5, 0.6) is 0 Å². The second-order valence-electron chi connectivity index (χ2n) is 5.29. The highest BCUT2D eigenvalue weighted by Crippen LogP contribution is 2.34. The second kappa shape index (κ2) is 5.69. The maximum Gasteiger partial charge on any atom is 0.00953 e. The average molecular weight is 207 g/mol. The van der Waals surface area contributed by atoms with Gasteiger partial charge < -0.3 is 5.32 Å². The van der Waals surface area contributed by atoms with E-state index >= 15 is 0 Å². The summed E-state index contributed by atoms with van der Waals surface area (Å²) >= 11 is 0. The summed E-state index contributed by atoms with van der Waals surface area (Å²) in [6.45, 7) is 3.56. The number of allylic oxidation sites excluding steroid dienone is 2. The normalized spacial score (nSPS) is 27.9. The van der Waals surface area contributed by atoms with Gasteiger partial charge in [-0.15, -0.1) is 0 Å². The first kappa shape index (κ1) is 11.2. The van der Waals surface area contributed by atoms with Gasteiger partial charge in [-0.25, -0.2) is 0 Å². The van der Waals surface area contributed by atoms with Crippen LogP contribution in [0.1, 0.15) is 51.9 Å². The molecule has 1 fully saturated rings. The van der Waals surface area contributed by atoms with Crippen molar-refractivity contribution in [2.75, 3.05) is 6.54 Å². The fourth-order valence-electron chi connectivity index (χ4n) is 2.67. The van der Waals surface area contributed by atoms with E-state index < -0.39 is 0 Å². The van der Waals surface area contributed by atoms with Crippen LogP contribution < -0.4 is 5.32 Å². The monoisotopic (exact) mass is 207 g/mol. The van der Waals surface area contributed by atoms with Crippen molar-refractivity contribution in [2.24, 2.45) is 11.8 Å². The quantitative estimate of drug-likeness (QED) is 0.657. The van der Waals surface area contributed by atoms with Crippen LogP contribution in [0.15, 0.2) is 12.2 Å². The lowest BCUT2D eigenvalue weighted by Gasteiger charge is -2.23. The summed E-state index contributed by atoms with van der Waals surface area (Å²) in [5.74, 6) is 1.93. The van der Waals surface area contributed by atoms with E-state index in [1.54, 1.807) is 0 Å². The van der Waals surface area contributed by atoms with Gasteiger partial charge in [-0.05, 0) is 56.9 Å². The minimum absolute atomic E-state index is 0.834. The molecule has 2 atom stereocenters. The smallest absolute Gasteiger partial charge is 0.00953 e. The second-order valence-corrected chi connectivity index (χ2v) is 5.29. The maximum atomic E-state index is 3.82. The van der Waals surface area contributed by atoms with Gasteiger partial charge in [0, 0.05) is 6.04 Å². The molecule has 0 aromatic rings. The van der Waals surface area contributed by atoms with E-state index in [2.05, 4.69) is 24.4 Å². The molecule has 15 heavy (non-hydrogen) atoms. The SMILES string of the molecule is CCCC(NCC1CC=CCC1)C1CC1. The summed E-state index contributed by atoms with van der Waals surface area (Å²) < 4.78 is 0. The fourth-order valence-corrected chi connectivity index (χ4v) is 2.67. The van der Waals surface area contributed by atoms with Gasteiger partial charge in [0.05, 0.1) is 0 Å². The zero-order valence-electron chi connectivity index (χ0n) is 10.0. The summed E-state index contributed by atoms with van der Waals surface area (Å²) in [6.07, 6.45) is 14.4. The molecule has 1 saturated carbocycles. The van der Waals surface area contributed by atoms with E-state index in [4.69, 9.17) is 0 Å². The molecule has 2 unspecified atom stereocenters.